The molecule has 0 bridgehead atoms. The number of nitrogens with one attached hydrogen (secondary N) is 4. The number of amides is 2. The first kappa shape index (κ1) is 21.1. The molecule has 0 atom stereocenters. The summed E-state index contributed by atoms with van der Waals surface area (Å²) in [4.78, 5) is 50.6. The summed E-state index contributed by atoms with van der Waals surface area (Å²) < 4.78 is 0.737. The van der Waals surface area contributed by atoms with Crippen molar-refractivity contribution in [2.75, 3.05) is 5.32 Å². The highest BCUT2D eigenvalue weighted by molar-refractivity contribution is 9.10. The smallest absolute Gasteiger partial charge is 0.326 e. The van der Waals surface area contributed by atoms with E-state index in [0.717, 1.165) is 21.9 Å². The van der Waals surface area contributed by atoms with E-state index < -0.39 is 23.1 Å². The van der Waals surface area contributed by atoms with Gasteiger partial charge >= 0.3 is 5.69 Å². The molecule has 5 N–H and O–H groups in total. The molecule has 0 saturated heterocycles. The number of aromatic amines is 2. The average molecular weight is 494 g/mol. The van der Waals surface area contributed by atoms with Gasteiger partial charge in [-0.25, -0.2) is 10.2 Å². The highest BCUT2D eigenvalue weighted by atomic mass is 79.9. The van der Waals surface area contributed by atoms with Gasteiger partial charge in [0, 0.05) is 16.1 Å². The van der Waals surface area contributed by atoms with Crippen LogP contribution in [0.4, 0.5) is 5.13 Å². The van der Waals surface area contributed by atoms with E-state index in [9.17, 15) is 24.3 Å². The van der Waals surface area contributed by atoms with Crippen LogP contribution in [0.25, 0.3) is 0 Å². The van der Waals surface area contributed by atoms with Crippen molar-refractivity contribution in [3.05, 3.63) is 65.8 Å². The first-order chi connectivity index (χ1) is 14.3. The van der Waals surface area contributed by atoms with E-state index >= 15 is 0 Å². The van der Waals surface area contributed by atoms with Crippen LogP contribution in [-0.4, -0.2) is 43.3 Å². The van der Waals surface area contributed by atoms with Crippen LogP contribution in [0.5, 0.6) is 5.75 Å². The van der Waals surface area contributed by atoms with E-state index in [1.54, 1.807) is 12.1 Å². The molecule has 1 aromatic carbocycles. The third-order valence-electron chi connectivity index (χ3n) is 3.39. The second kappa shape index (κ2) is 9.23. The number of hydrogen-bond donors (Lipinski definition) is 5. The Labute approximate surface area is 179 Å². The quantitative estimate of drug-likeness (QED) is 0.242. The summed E-state index contributed by atoms with van der Waals surface area (Å²) in [6.07, 6.45) is 1.13. The molecule has 0 saturated carbocycles. The zero-order chi connectivity index (χ0) is 21.7. The Hall–Kier alpha value is -3.65. The lowest BCUT2D eigenvalue weighted by molar-refractivity contribution is -0.120. The molecular weight excluding hydrogens is 482 g/mol. The summed E-state index contributed by atoms with van der Waals surface area (Å²) in [7, 11) is 0. The first-order valence-electron chi connectivity index (χ1n) is 8.08. The number of halogens is 1. The number of H-pyrrole nitrogens is 2. The van der Waals surface area contributed by atoms with Crippen LogP contribution < -0.4 is 22.0 Å². The Morgan fingerprint density at radius 3 is 2.80 bits per heavy atom. The van der Waals surface area contributed by atoms with Gasteiger partial charge in [-0.2, -0.15) is 5.10 Å². The summed E-state index contributed by atoms with van der Waals surface area (Å²) >= 11 is 4.20. The van der Waals surface area contributed by atoms with Crippen LogP contribution in [0.2, 0.25) is 0 Å². The maximum Gasteiger partial charge on any atom is 0.326 e. The van der Waals surface area contributed by atoms with Crippen LogP contribution in [0.15, 0.2) is 43.4 Å². The lowest BCUT2D eigenvalue weighted by Crippen LogP contribution is -2.27. The number of carbonyl (C=O) groups excluding carboxylic acids is 2. The lowest BCUT2D eigenvalue weighted by atomic mass is 10.2. The molecule has 14 heteroatoms. The number of aromatic nitrogens is 4. The van der Waals surface area contributed by atoms with E-state index in [-0.39, 0.29) is 23.0 Å². The number of aromatic hydroxyl groups is 1. The van der Waals surface area contributed by atoms with Crippen molar-refractivity contribution in [3.63, 3.8) is 0 Å². The maximum absolute atomic E-state index is 12.1. The third-order valence-corrected chi connectivity index (χ3v) is 4.72. The number of phenolic OH excluding ortho intramolecular Hbond substituents is 1. The van der Waals surface area contributed by atoms with Crippen molar-refractivity contribution in [3.8, 4) is 5.75 Å². The molecule has 0 aliphatic heterocycles. The molecule has 2 amide bonds. The molecule has 3 aromatic rings. The minimum absolute atomic E-state index is 0.00228. The summed E-state index contributed by atoms with van der Waals surface area (Å²) in [6, 6.07) is 5.68. The number of benzene rings is 1. The molecule has 0 radical (unpaired) electrons. The van der Waals surface area contributed by atoms with Gasteiger partial charge in [0.2, 0.25) is 11.0 Å². The normalized spacial score (nSPS) is 10.8. The standard InChI is InChI=1S/C16H12BrN7O5S/c17-8-1-2-10(25)7(3-8)6-18-22-12(27)5-13-23-24-16(30-13)21-14(28)9-4-11(26)20-15(29)19-9/h1-4,6,25H,5H2,(H,22,27)(H,21,24,28)(H2,19,20,26,29)/b18-6-. The Morgan fingerprint density at radius 1 is 1.23 bits per heavy atom. The van der Waals surface area contributed by atoms with Gasteiger partial charge in [-0.05, 0) is 18.2 Å². The molecule has 0 fully saturated rings. The SMILES string of the molecule is O=C(Cc1nnc(NC(=O)c2cc(=O)[nH]c(=O)[nH]2)s1)N/N=C\c1cc(Br)ccc1O. The monoisotopic (exact) mass is 493 g/mol. The van der Waals surface area contributed by atoms with E-state index in [2.05, 4.69) is 47.0 Å². The molecule has 3 rings (SSSR count). The molecule has 30 heavy (non-hydrogen) atoms. The predicted octanol–water partition coefficient (Wildman–Crippen LogP) is 0.328. The topological polar surface area (TPSA) is 182 Å². The van der Waals surface area contributed by atoms with E-state index in [0.29, 0.717) is 10.6 Å². The number of hydrazone groups is 1. The fourth-order valence-electron chi connectivity index (χ4n) is 2.11. The van der Waals surface area contributed by atoms with E-state index in [4.69, 9.17) is 0 Å². The van der Waals surface area contributed by atoms with Crippen molar-refractivity contribution in [2.45, 2.75) is 6.42 Å². The number of nitrogens with zero attached hydrogens (tertiary/aromatic N) is 3. The number of carbonyl (C=O) groups is 2. The van der Waals surface area contributed by atoms with Gasteiger partial charge in [-0.1, -0.05) is 27.3 Å². The van der Waals surface area contributed by atoms with Gasteiger partial charge < -0.3 is 10.1 Å². The molecule has 12 nitrogen and oxygen atoms in total. The van der Waals surface area contributed by atoms with E-state index in [1.807, 2.05) is 4.98 Å². The minimum Gasteiger partial charge on any atom is -0.507 e. The average Bonchev–Trinajstić information content (AvgIpc) is 3.10. The minimum atomic E-state index is -0.820. The van der Waals surface area contributed by atoms with Gasteiger partial charge in [0.1, 0.15) is 16.5 Å². The Balaban J connectivity index is 1.57. The highest BCUT2D eigenvalue weighted by Crippen LogP contribution is 2.20. The van der Waals surface area contributed by atoms with Gasteiger partial charge in [-0.15, -0.1) is 10.2 Å². The van der Waals surface area contributed by atoms with Gasteiger partial charge in [0.15, 0.2) is 0 Å². The molecule has 2 aromatic heterocycles. The van der Waals surface area contributed by atoms with Crippen LogP contribution in [0.3, 0.4) is 0 Å². The van der Waals surface area contributed by atoms with Crippen molar-refractivity contribution in [2.24, 2.45) is 5.10 Å². The van der Waals surface area contributed by atoms with Crippen LogP contribution in [0.1, 0.15) is 21.1 Å². The largest absolute Gasteiger partial charge is 0.507 e. The highest BCUT2D eigenvalue weighted by Gasteiger charge is 2.13. The van der Waals surface area contributed by atoms with Gasteiger partial charge in [-0.3, -0.25) is 24.7 Å². The van der Waals surface area contributed by atoms with Crippen molar-refractivity contribution < 1.29 is 14.7 Å². The predicted molar refractivity (Wildman–Crippen MR) is 111 cm³/mol. The second-order valence-electron chi connectivity index (χ2n) is 5.63. The second-order valence-corrected chi connectivity index (χ2v) is 7.61. The number of hydrogen-bond acceptors (Lipinski definition) is 9. The summed E-state index contributed by atoms with van der Waals surface area (Å²) in [6.45, 7) is 0. The third kappa shape index (κ3) is 5.68. The van der Waals surface area contributed by atoms with E-state index in [1.165, 1.54) is 12.3 Å². The van der Waals surface area contributed by atoms with Crippen molar-refractivity contribution >= 4 is 50.4 Å². The Bertz CT molecular complexity index is 1220. The lowest BCUT2D eigenvalue weighted by Gasteiger charge is -2.00. The van der Waals surface area contributed by atoms with Gasteiger partial charge in [0.25, 0.3) is 11.5 Å². The number of phenols is 1. The number of rotatable bonds is 6. The van der Waals surface area contributed by atoms with Crippen LogP contribution in [-0.2, 0) is 11.2 Å². The Kier molecular flexibility index (Phi) is 6.48. The fraction of sp³-hybridized carbons (Fsp3) is 0.0625. The molecule has 154 valence electrons. The van der Waals surface area contributed by atoms with Crippen molar-refractivity contribution in [1.29, 1.82) is 0 Å². The molecule has 0 aliphatic carbocycles. The van der Waals surface area contributed by atoms with Gasteiger partial charge in [0.05, 0.1) is 12.6 Å². The van der Waals surface area contributed by atoms with Crippen molar-refractivity contribution in [1.82, 2.24) is 25.6 Å². The summed E-state index contributed by atoms with van der Waals surface area (Å²) in [5.74, 6) is -1.25. The first-order valence-corrected chi connectivity index (χ1v) is 9.69. The fourth-order valence-corrected chi connectivity index (χ4v) is 3.22. The molecule has 2 heterocycles. The number of anilines is 1. The molecule has 0 spiro atoms. The zero-order valence-corrected chi connectivity index (χ0v) is 17.2. The molecule has 0 unspecified atom stereocenters. The Morgan fingerprint density at radius 2 is 2.03 bits per heavy atom. The maximum atomic E-state index is 12.1. The van der Waals surface area contributed by atoms with Crippen LogP contribution >= 0.6 is 27.3 Å². The summed E-state index contributed by atoms with van der Waals surface area (Å²) in [5, 5.41) is 23.7. The summed E-state index contributed by atoms with van der Waals surface area (Å²) in [5.41, 5.74) is 0.904. The van der Waals surface area contributed by atoms with Crippen LogP contribution in [0, 0.1) is 0 Å². The zero-order valence-electron chi connectivity index (χ0n) is 14.8. The molecular formula is C16H12BrN7O5S. The molecule has 0 aliphatic rings.